The molecular weight excluding hydrogens is 183 g/mol. The summed E-state index contributed by atoms with van der Waals surface area (Å²) in [6, 6.07) is -0.137. The molecule has 0 aromatic carbocycles. The lowest BCUT2D eigenvalue weighted by Crippen LogP contribution is -2.34. The molecule has 0 aromatic heterocycles. The van der Waals surface area contributed by atoms with Crippen molar-refractivity contribution in [2.75, 3.05) is 13.1 Å². The molecular formula is C8H14F3NO. The molecule has 1 aliphatic rings. The first-order chi connectivity index (χ1) is 5.90. The molecule has 1 N–H and O–H groups in total. The summed E-state index contributed by atoms with van der Waals surface area (Å²) in [5.74, 6) is 0. The maximum atomic E-state index is 11.8. The van der Waals surface area contributed by atoms with E-state index >= 15 is 0 Å². The second kappa shape index (κ2) is 3.84. The Bertz CT molecular complexity index is 171. The van der Waals surface area contributed by atoms with E-state index in [-0.39, 0.29) is 12.6 Å². The van der Waals surface area contributed by atoms with E-state index in [0.29, 0.717) is 13.0 Å². The highest BCUT2D eigenvalue weighted by Crippen LogP contribution is 2.23. The molecule has 1 saturated heterocycles. The lowest BCUT2D eigenvalue weighted by Gasteiger charge is -2.22. The number of aliphatic hydroxyl groups is 1. The number of rotatable bonds is 2. The van der Waals surface area contributed by atoms with Crippen molar-refractivity contribution >= 4 is 0 Å². The van der Waals surface area contributed by atoms with Crippen molar-refractivity contribution in [3.05, 3.63) is 0 Å². The zero-order valence-corrected chi connectivity index (χ0v) is 7.51. The number of aliphatic hydroxyl groups excluding tert-OH is 1. The van der Waals surface area contributed by atoms with E-state index in [9.17, 15) is 18.3 Å². The highest BCUT2D eigenvalue weighted by Gasteiger charge is 2.33. The maximum Gasteiger partial charge on any atom is 0.390 e. The zero-order valence-electron chi connectivity index (χ0n) is 7.51. The highest BCUT2D eigenvalue weighted by atomic mass is 19.4. The van der Waals surface area contributed by atoms with Crippen molar-refractivity contribution in [2.24, 2.45) is 0 Å². The third-order valence-electron chi connectivity index (χ3n) is 2.53. The van der Waals surface area contributed by atoms with Gasteiger partial charge >= 0.3 is 6.18 Å². The van der Waals surface area contributed by atoms with E-state index in [1.54, 1.807) is 11.8 Å². The molecule has 1 rings (SSSR count). The Kier molecular flexibility index (Phi) is 3.18. The van der Waals surface area contributed by atoms with Crippen LogP contribution < -0.4 is 0 Å². The Hall–Kier alpha value is -0.290. The summed E-state index contributed by atoms with van der Waals surface area (Å²) in [5, 5.41) is 9.27. The fourth-order valence-corrected chi connectivity index (χ4v) is 1.57. The molecule has 5 heteroatoms. The number of likely N-dealkylation sites (tertiary alicyclic amines) is 1. The first-order valence-electron chi connectivity index (χ1n) is 4.39. The molecule has 2 atom stereocenters. The van der Waals surface area contributed by atoms with Gasteiger partial charge in [0.2, 0.25) is 0 Å². The van der Waals surface area contributed by atoms with E-state index in [4.69, 9.17) is 0 Å². The van der Waals surface area contributed by atoms with Gasteiger partial charge in [-0.15, -0.1) is 0 Å². The van der Waals surface area contributed by atoms with Crippen LogP contribution in [0, 0.1) is 0 Å². The molecule has 0 aromatic rings. The first kappa shape index (κ1) is 10.8. The number of halogens is 3. The number of hydrogen-bond donors (Lipinski definition) is 1. The van der Waals surface area contributed by atoms with Crippen LogP contribution in [0.5, 0.6) is 0 Å². The molecule has 1 fully saturated rings. The third kappa shape index (κ3) is 3.15. The van der Waals surface area contributed by atoms with Crippen molar-refractivity contribution < 1.29 is 18.3 Å². The van der Waals surface area contributed by atoms with Gasteiger partial charge in [0.25, 0.3) is 0 Å². The van der Waals surface area contributed by atoms with Gasteiger partial charge in [-0.05, 0) is 13.3 Å². The van der Waals surface area contributed by atoms with Gasteiger partial charge in [-0.3, -0.25) is 4.90 Å². The highest BCUT2D eigenvalue weighted by molar-refractivity contribution is 4.83. The van der Waals surface area contributed by atoms with Crippen LogP contribution in [0.4, 0.5) is 13.2 Å². The van der Waals surface area contributed by atoms with Crippen molar-refractivity contribution in [2.45, 2.75) is 38.1 Å². The fourth-order valence-electron chi connectivity index (χ4n) is 1.57. The summed E-state index contributed by atoms with van der Waals surface area (Å²) in [4.78, 5) is 1.68. The van der Waals surface area contributed by atoms with Gasteiger partial charge in [0, 0.05) is 19.1 Å². The van der Waals surface area contributed by atoms with Gasteiger partial charge in [0.05, 0.1) is 12.5 Å². The van der Waals surface area contributed by atoms with Gasteiger partial charge in [0.15, 0.2) is 0 Å². The van der Waals surface area contributed by atoms with E-state index in [0.717, 1.165) is 0 Å². The van der Waals surface area contributed by atoms with Crippen LogP contribution in [-0.2, 0) is 0 Å². The smallest absolute Gasteiger partial charge is 0.390 e. The Morgan fingerprint density at radius 3 is 2.46 bits per heavy atom. The summed E-state index contributed by atoms with van der Waals surface area (Å²) in [6.45, 7) is 2.33. The van der Waals surface area contributed by atoms with Crippen LogP contribution in [0.2, 0.25) is 0 Å². The quantitative estimate of drug-likeness (QED) is 0.723. The van der Waals surface area contributed by atoms with E-state index in [2.05, 4.69) is 0 Å². The molecule has 0 unspecified atom stereocenters. The van der Waals surface area contributed by atoms with Crippen molar-refractivity contribution in [1.82, 2.24) is 4.90 Å². The SMILES string of the molecule is C[C@H]1[C@H](O)CCN1CCC(F)(F)F. The number of nitrogens with zero attached hydrogens (tertiary/aromatic N) is 1. The molecule has 0 amide bonds. The molecule has 0 aliphatic carbocycles. The molecule has 2 nitrogen and oxygen atoms in total. The molecule has 1 heterocycles. The van der Waals surface area contributed by atoms with Gasteiger partial charge < -0.3 is 5.11 Å². The van der Waals surface area contributed by atoms with Gasteiger partial charge in [0.1, 0.15) is 0 Å². The van der Waals surface area contributed by atoms with E-state index in [1.165, 1.54) is 0 Å². The second-order valence-corrected chi connectivity index (χ2v) is 3.50. The molecule has 0 saturated carbocycles. The fraction of sp³-hybridized carbons (Fsp3) is 1.00. The monoisotopic (exact) mass is 197 g/mol. The minimum atomic E-state index is -4.09. The second-order valence-electron chi connectivity index (χ2n) is 3.50. The lowest BCUT2D eigenvalue weighted by molar-refractivity contribution is -0.138. The molecule has 0 bridgehead atoms. The normalized spacial score (nSPS) is 31.2. The van der Waals surface area contributed by atoms with Gasteiger partial charge in [-0.2, -0.15) is 13.2 Å². The maximum absolute atomic E-state index is 11.8. The summed E-state index contributed by atoms with van der Waals surface area (Å²) in [5.41, 5.74) is 0. The average molecular weight is 197 g/mol. The van der Waals surface area contributed by atoms with Crippen molar-refractivity contribution in [3.63, 3.8) is 0 Å². The standard InChI is InChI=1S/C8H14F3NO/c1-6-7(13)2-4-12(6)5-3-8(9,10)11/h6-7,13H,2-5H2,1H3/t6-,7+/m0/s1. The summed E-state index contributed by atoms with van der Waals surface area (Å²) in [7, 11) is 0. The Balaban J connectivity index is 2.30. The van der Waals surface area contributed by atoms with Gasteiger partial charge in [-0.25, -0.2) is 0 Å². The lowest BCUT2D eigenvalue weighted by atomic mass is 10.2. The van der Waals surface area contributed by atoms with Crippen LogP contribution in [0.15, 0.2) is 0 Å². The Morgan fingerprint density at radius 1 is 1.46 bits per heavy atom. The Morgan fingerprint density at radius 2 is 2.08 bits per heavy atom. The van der Waals surface area contributed by atoms with Crippen LogP contribution in [0.25, 0.3) is 0 Å². The van der Waals surface area contributed by atoms with E-state index in [1.807, 2.05) is 0 Å². The number of hydrogen-bond acceptors (Lipinski definition) is 2. The zero-order chi connectivity index (χ0) is 10.1. The summed E-state index contributed by atoms with van der Waals surface area (Å²) in [6.07, 6.45) is -4.76. The summed E-state index contributed by atoms with van der Waals surface area (Å²) >= 11 is 0. The summed E-state index contributed by atoms with van der Waals surface area (Å²) < 4.78 is 35.5. The Labute approximate surface area is 75.3 Å². The molecule has 1 aliphatic heterocycles. The van der Waals surface area contributed by atoms with Gasteiger partial charge in [-0.1, -0.05) is 0 Å². The topological polar surface area (TPSA) is 23.5 Å². The average Bonchev–Trinajstić information content (AvgIpc) is 2.29. The third-order valence-corrected chi connectivity index (χ3v) is 2.53. The minimum Gasteiger partial charge on any atom is -0.391 e. The molecule has 13 heavy (non-hydrogen) atoms. The minimum absolute atomic E-state index is 0.00171. The van der Waals surface area contributed by atoms with Crippen LogP contribution in [0.1, 0.15) is 19.8 Å². The predicted molar refractivity (Wildman–Crippen MR) is 42.3 cm³/mol. The molecule has 0 radical (unpaired) electrons. The van der Waals surface area contributed by atoms with Crippen molar-refractivity contribution in [1.29, 1.82) is 0 Å². The predicted octanol–water partition coefficient (Wildman–Crippen LogP) is 1.39. The number of alkyl halides is 3. The molecule has 0 spiro atoms. The van der Waals surface area contributed by atoms with Crippen LogP contribution >= 0.6 is 0 Å². The van der Waals surface area contributed by atoms with E-state index < -0.39 is 18.7 Å². The van der Waals surface area contributed by atoms with Crippen LogP contribution in [-0.4, -0.2) is 41.4 Å². The molecule has 78 valence electrons. The van der Waals surface area contributed by atoms with Crippen LogP contribution in [0.3, 0.4) is 0 Å². The largest absolute Gasteiger partial charge is 0.391 e. The first-order valence-corrected chi connectivity index (χ1v) is 4.39. The van der Waals surface area contributed by atoms with Crippen molar-refractivity contribution in [3.8, 4) is 0 Å².